The Morgan fingerprint density at radius 1 is 0.652 bits per heavy atom. The topological polar surface area (TPSA) is 190 Å². The number of hydrogen-bond acceptors (Lipinski definition) is 11. The Kier molecular flexibility index (Phi) is 6.27. The van der Waals surface area contributed by atoms with E-state index >= 15 is 0 Å². The fourth-order valence-corrected chi connectivity index (χ4v) is 2.56. The fraction of sp³-hybridized carbons (Fsp3) is 1.00. The Morgan fingerprint density at radius 3 is 1.78 bits per heavy atom. The summed E-state index contributed by atoms with van der Waals surface area (Å²) < 4.78 is 15.1. The summed E-state index contributed by atoms with van der Waals surface area (Å²) in [6.07, 6.45) is -15.7. The Balaban J connectivity index is 2.11. The third-order valence-electron chi connectivity index (χ3n) is 3.98. The first-order valence-corrected chi connectivity index (χ1v) is 7.08. The molecule has 10 atom stereocenters. The Hall–Kier alpha value is -0.440. The van der Waals surface area contributed by atoms with E-state index in [1.54, 1.807) is 0 Å². The quantitative estimate of drug-likeness (QED) is 0.243. The monoisotopic (exact) mass is 342 g/mol. The van der Waals surface area contributed by atoms with Crippen molar-refractivity contribution < 1.29 is 55.1 Å². The minimum absolute atomic E-state index is 0.667. The Labute approximate surface area is 130 Å². The first-order valence-electron chi connectivity index (χ1n) is 7.08. The average molecular weight is 342 g/mol. The van der Waals surface area contributed by atoms with Gasteiger partial charge in [-0.15, -0.1) is 0 Å². The highest BCUT2D eigenvalue weighted by atomic mass is 16.7. The van der Waals surface area contributed by atoms with E-state index in [9.17, 15) is 30.6 Å². The third-order valence-corrected chi connectivity index (χ3v) is 3.98. The Bertz CT molecular complexity index is 380. The summed E-state index contributed by atoms with van der Waals surface area (Å²) in [5.74, 6) is 0. The van der Waals surface area contributed by atoms with Gasteiger partial charge in [0.15, 0.2) is 12.6 Å². The van der Waals surface area contributed by atoms with Gasteiger partial charge in [-0.1, -0.05) is 0 Å². The predicted octanol–water partition coefficient (Wildman–Crippen LogP) is -5.40. The lowest BCUT2D eigenvalue weighted by molar-refractivity contribution is -0.355. The molecule has 2 rings (SSSR count). The lowest BCUT2D eigenvalue weighted by Crippen LogP contribution is -2.64. The predicted molar refractivity (Wildman–Crippen MR) is 68.6 cm³/mol. The van der Waals surface area contributed by atoms with Crippen LogP contribution in [0.3, 0.4) is 0 Å². The Morgan fingerprint density at radius 2 is 1.22 bits per heavy atom. The van der Waals surface area contributed by atoms with Crippen molar-refractivity contribution in [2.45, 2.75) is 61.4 Å². The molecule has 11 heteroatoms. The van der Waals surface area contributed by atoms with Crippen molar-refractivity contribution in [2.24, 2.45) is 0 Å². The lowest BCUT2D eigenvalue weighted by Gasteiger charge is -2.45. The van der Waals surface area contributed by atoms with Crippen molar-refractivity contribution in [1.29, 1.82) is 0 Å². The summed E-state index contributed by atoms with van der Waals surface area (Å²) in [7, 11) is 0. The van der Waals surface area contributed by atoms with Gasteiger partial charge in [-0.25, -0.2) is 0 Å². The van der Waals surface area contributed by atoms with Gasteiger partial charge in [-0.3, -0.25) is 0 Å². The molecular formula is C12H22O11. The lowest BCUT2D eigenvalue weighted by atomic mass is 9.97. The molecule has 0 aromatic heterocycles. The average Bonchev–Trinajstić information content (AvgIpc) is 2.54. The van der Waals surface area contributed by atoms with Gasteiger partial charge in [0.25, 0.3) is 0 Å². The number of aliphatic hydroxyl groups excluding tert-OH is 8. The third kappa shape index (κ3) is 3.65. The van der Waals surface area contributed by atoms with Crippen molar-refractivity contribution in [3.8, 4) is 0 Å². The van der Waals surface area contributed by atoms with Gasteiger partial charge in [0, 0.05) is 0 Å². The normalized spacial score (nSPS) is 51.7. The summed E-state index contributed by atoms with van der Waals surface area (Å²) in [5.41, 5.74) is 0. The maximum atomic E-state index is 10.00. The molecule has 0 saturated carbocycles. The molecule has 2 heterocycles. The molecular weight excluding hydrogens is 320 g/mol. The van der Waals surface area contributed by atoms with Gasteiger partial charge < -0.3 is 55.1 Å². The zero-order chi connectivity index (χ0) is 17.3. The van der Waals surface area contributed by atoms with E-state index < -0.39 is 74.6 Å². The van der Waals surface area contributed by atoms with Crippen LogP contribution in [0.25, 0.3) is 0 Å². The highest BCUT2D eigenvalue weighted by Gasteiger charge is 2.50. The van der Waals surface area contributed by atoms with Crippen LogP contribution in [0.4, 0.5) is 0 Å². The second-order valence-electron chi connectivity index (χ2n) is 5.53. The maximum Gasteiger partial charge on any atom is 0.187 e. The van der Waals surface area contributed by atoms with Crippen molar-refractivity contribution in [2.75, 3.05) is 13.2 Å². The molecule has 0 unspecified atom stereocenters. The molecule has 0 amide bonds. The van der Waals surface area contributed by atoms with E-state index in [0.717, 1.165) is 0 Å². The molecule has 0 aliphatic carbocycles. The highest BCUT2D eigenvalue weighted by molar-refractivity contribution is 4.93. The van der Waals surface area contributed by atoms with Crippen LogP contribution in [-0.2, 0) is 14.2 Å². The molecule has 0 bridgehead atoms. The molecule has 0 spiro atoms. The molecule has 2 fully saturated rings. The number of hydrogen-bond donors (Lipinski definition) is 8. The molecule has 11 nitrogen and oxygen atoms in total. The second kappa shape index (κ2) is 7.63. The van der Waals surface area contributed by atoms with Gasteiger partial charge in [0.05, 0.1) is 13.2 Å². The summed E-state index contributed by atoms with van der Waals surface area (Å²) in [6, 6.07) is 0. The van der Waals surface area contributed by atoms with Gasteiger partial charge in [0.1, 0.15) is 48.8 Å². The van der Waals surface area contributed by atoms with E-state index in [1.165, 1.54) is 0 Å². The van der Waals surface area contributed by atoms with Gasteiger partial charge in [0.2, 0.25) is 0 Å². The fourth-order valence-electron chi connectivity index (χ4n) is 2.56. The molecule has 0 radical (unpaired) electrons. The van der Waals surface area contributed by atoms with Crippen LogP contribution >= 0.6 is 0 Å². The van der Waals surface area contributed by atoms with Gasteiger partial charge >= 0.3 is 0 Å². The molecule has 0 aromatic carbocycles. The van der Waals surface area contributed by atoms with Crippen LogP contribution in [0.5, 0.6) is 0 Å². The smallest absolute Gasteiger partial charge is 0.187 e. The molecule has 0 aromatic rings. The molecule has 2 aliphatic rings. The molecule has 2 aliphatic heterocycles. The molecule has 8 N–H and O–H groups in total. The molecule has 2 saturated heterocycles. The SMILES string of the molecule is OC[C@H]1O[C@@H](O[C@@H]2[C@@H](O)[C@@H](O)O[C@H](CO)[C@@H]2O)[C@H](O)[C@@H](O)[C@H]1O. The molecule has 23 heavy (non-hydrogen) atoms. The summed E-state index contributed by atoms with van der Waals surface area (Å²) >= 11 is 0. The van der Waals surface area contributed by atoms with Gasteiger partial charge in [-0.05, 0) is 0 Å². The van der Waals surface area contributed by atoms with Crippen LogP contribution in [-0.4, -0.2) is 115 Å². The summed E-state index contributed by atoms with van der Waals surface area (Å²) in [6.45, 7) is -1.34. The van der Waals surface area contributed by atoms with Crippen LogP contribution in [0, 0.1) is 0 Å². The van der Waals surface area contributed by atoms with Crippen molar-refractivity contribution >= 4 is 0 Å². The van der Waals surface area contributed by atoms with Crippen LogP contribution in [0.15, 0.2) is 0 Å². The standard InChI is InChI=1S/C12H22O11/c13-1-3-5(15)7(17)8(18)12(22-3)23-10-6(16)4(2-14)21-11(20)9(10)19/h3-20H,1-2H2/t3-,4-,5+,6+,7+,8-,9-,10+,11+,12+/m1/s1. The maximum absolute atomic E-state index is 10.00. The first-order chi connectivity index (χ1) is 10.8. The van der Waals surface area contributed by atoms with E-state index in [-0.39, 0.29) is 0 Å². The zero-order valence-corrected chi connectivity index (χ0v) is 12.0. The largest absolute Gasteiger partial charge is 0.394 e. The van der Waals surface area contributed by atoms with Crippen molar-refractivity contribution in [3.05, 3.63) is 0 Å². The van der Waals surface area contributed by atoms with Crippen LogP contribution in [0.2, 0.25) is 0 Å². The van der Waals surface area contributed by atoms with Crippen molar-refractivity contribution in [3.63, 3.8) is 0 Å². The van der Waals surface area contributed by atoms with E-state index in [2.05, 4.69) is 0 Å². The summed E-state index contributed by atoms with van der Waals surface area (Å²) in [4.78, 5) is 0. The number of aliphatic hydroxyl groups is 8. The minimum Gasteiger partial charge on any atom is -0.394 e. The minimum atomic E-state index is -1.76. The van der Waals surface area contributed by atoms with E-state index in [0.29, 0.717) is 0 Å². The van der Waals surface area contributed by atoms with Gasteiger partial charge in [-0.2, -0.15) is 0 Å². The number of ether oxygens (including phenoxy) is 3. The summed E-state index contributed by atoms with van der Waals surface area (Å²) in [5, 5.41) is 76.8. The van der Waals surface area contributed by atoms with Crippen LogP contribution < -0.4 is 0 Å². The second-order valence-corrected chi connectivity index (χ2v) is 5.53. The van der Waals surface area contributed by atoms with E-state index in [4.69, 9.17) is 24.4 Å². The zero-order valence-electron chi connectivity index (χ0n) is 12.0. The molecule has 136 valence electrons. The first kappa shape index (κ1) is 18.9. The number of rotatable bonds is 4. The highest BCUT2D eigenvalue weighted by Crippen LogP contribution is 2.28. The van der Waals surface area contributed by atoms with E-state index in [1.807, 2.05) is 0 Å². The van der Waals surface area contributed by atoms with Crippen LogP contribution in [0.1, 0.15) is 0 Å². The van der Waals surface area contributed by atoms with Crippen molar-refractivity contribution in [1.82, 2.24) is 0 Å².